The highest BCUT2D eigenvalue weighted by molar-refractivity contribution is 5.72. The highest BCUT2D eigenvalue weighted by Gasteiger charge is 2.63. The quantitative estimate of drug-likeness (QED) is 0.207. The Bertz CT molecular complexity index is 1000. The van der Waals surface area contributed by atoms with Crippen molar-refractivity contribution < 1.29 is 33.7 Å². The first-order valence-electron chi connectivity index (χ1n) is 17.4. The maximum atomic E-state index is 12.5. The van der Waals surface area contributed by atoms with Gasteiger partial charge in [0.05, 0.1) is 18.4 Å². The van der Waals surface area contributed by atoms with Gasteiger partial charge in [-0.15, -0.1) is 0 Å². The van der Waals surface area contributed by atoms with Crippen LogP contribution in [-0.4, -0.2) is 47.4 Å². The molecule has 4 saturated carbocycles. The topological polar surface area (TPSA) is 99.1 Å². The van der Waals surface area contributed by atoms with Crippen molar-refractivity contribution >= 4 is 17.9 Å². The van der Waals surface area contributed by atoms with E-state index in [1.54, 1.807) is 0 Å². The molecule has 11 unspecified atom stereocenters. The Morgan fingerprint density at radius 3 is 2.33 bits per heavy atom. The van der Waals surface area contributed by atoms with Crippen molar-refractivity contribution in [2.75, 3.05) is 6.61 Å². The maximum Gasteiger partial charge on any atom is 0.309 e. The minimum absolute atomic E-state index is 0.0376. The van der Waals surface area contributed by atoms with Gasteiger partial charge in [0.1, 0.15) is 18.3 Å². The van der Waals surface area contributed by atoms with E-state index in [9.17, 15) is 19.5 Å². The standard InChI is InChI=1S/C36H60O7/c1-9-22(2)33(40)42-25-16-18-35(7)24(20-25)11-12-26-28-14-13-27(36(28,8)30(37)21-29(26)35)23(3)10-15-31(38)41-19-17-32(39)43-34(4,5)6/h22-30,37H,9-21H2,1-8H3. The molecule has 0 radical (unpaired) electrons. The number of hydrogen-bond donors (Lipinski definition) is 1. The number of ether oxygens (including phenoxy) is 3. The number of hydrogen-bond acceptors (Lipinski definition) is 7. The van der Waals surface area contributed by atoms with Crippen molar-refractivity contribution in [1.29, 1.82) is 0 Å². The molecule has 4 rings (SSSR count). The first-order chi connectivity index (χ1) is 20.1. The number of carbonyl (C=O) groups is 3. The number of carbonyl (C=O) groups excluding carboxylic acids is 3. The van der Waals surface area contributed by atoms with Crippen LogP contribution in [0.5, 0.6) is 0 Å². The van der Waals surface area contributed by atoms with Gasteiger partial charge in [-0.3, -0.25) is 14.4 Å². The lowest BCUT2D eigenvalue weighted by atomic mass is 9.43. The van der Waals surface area contributed by atoms with Crippen LogP contribution in [0.15, 0.2) is 0 Å². The molecule has 0 bridgehead atoms. The SMILES string of the molecule is CCC(C)C(=O)OC1CCC2(C)C(CCC3C2CC(O)C2(C)C(C(C)CCC(=O)OCCC(=O)OC(C)(C)C)CCC32)C1. The van der Waals surface area contributed by atoms with Crippen molar-refractivity contribution in [3.63, 3.8) is 0 Å². The molecule has 7 nitrogen and oxygen atoms in total. The molecule has 4 fully saturated rings. The molecule has 43 heavy (non-hydrogen) atoms. The average molecular weight is 605 g/mol. The van der Waals surface area contributed by atoms with Gasteiger partial charge in [-0.05, 0) is 131 Å². The Hall–Kier alpha value is -1.63. The molecule has 1 N–H and O–H groups in total. The summed E-state index contributed by atoms with van der Waals surface area (Å²) in [4.78, 5) is 36.9. The third-order valence-corrected chi connectivity index (χ3v) is 12.6. The van der Waals surface area contributed by atoms with Gasteiger partial charge in [-0.1, -0.05) is 34.6 Å². The second-order valence-corrected chi connectivity index (χ2v) is 16.2. The molecule has 0 aromatic rings. The van der Waals surface area contributed by atoms with E-state index in [1.165, 1.54) is 12.8 Å². The maximum absolute atomic E-state index is 12.5. The number of fused-ring (bicyclic) bond motifs is 5. The van der Waals surface area contributed by atoms with E-state index in [4.69, 9.17) is 14.2 Å². The molecule has 0 amide bonds. The zero-order valence-electron chi connectivity index (χ0n) is 28.3. The predicted molar refractivity (Wildman–Crippen MR) is 166 cm³/mol. The van der Waals surface area contributed by atoms with Crippen molar-refractivity contribution in [1.82, 2.24) is 0 Å². The monoisotopic (exact) mass is 604 g/mol. The molecule has 246 valence electrons. The fourth-order valence-corrected chi connectivity index (χ4v) is 9.96. The first kappa shape index (κ1) is 34.2. The molecular formula is C36H60O7. The molecule has 7 heteroatoms. The zero-order valence-corrected chi connectivity index (χ0v) is 28.3. The number of aliphatic hydroxyl groups is 1. The summed E-state index contributed by atoms with van der Waals surface area (Å²) in [5.74, 6) is 2.17. The first-order valence-corrected chi connectivity index (χ1v) is 17.4. The lowest BCUT2D eigenvalue weighted by Gasteiger charge is -2.62. The number of rotatable bonds is 10. The summed E-state index contributed by atoms with van der Waals surface area (Å²) < 4.78 is 16.6. The molecular weight excluding hydrogens is 544 g/mol. The molecule has 0 heterocycles. The summed E-state index contributed by atoms with van der Waals surface area (Å²) >= 11 is 0. The van der Waals surface area contributed by atoms with Crippen LogP contribution >= 0.6 is 0 Å². The van der Waals surface area contributed by atoms with Crippen LogP contribution in [0.3, 0.4) is 0 Å². The third-order valence-electron chi connectivity index (χ3n) is 12.6. The lowest BCUT2D eigenvalue weighted by molar-refractivity contribution is -0.183. The van der Waals surface area contributed by atoms with E-state index in [0.717, 1.165) is 51.4 Å². The fourth-order valence-electron chi connectivity index (χ4n) is 9.96. The van der Waals surface area contributed by atoms with Crippen LogP contribution in [0.1, 0.15) is 132 Å². The Labute approximate surface area is 260 Å². The normalized spacial score (nSPS) is 38.6. The van der Waals surface area contributed by atoms with E-state index in [2.05, 4.69) is 20.8 Å². The molecule has 4 aliphatic rings. The Morgan fingerprint density at radius 1 is 0.930 bits per heavy atom. The van der Waals surface area contributed by atoms with Crippen LogP contribution in [0.2, 0.25) is 0 Å². The van der Waals surface area contributed by atoms with Gasteiger partial charge in [0, 0.05) is 6.42 Å². The van der Waals surface area contributed by atoms with Gasteiger partial charge in [0.2, 0.25) is 0 Å². The van der Waals surface area contributed by atoms with Crippen LogP contribution in [0.4, 0.5) is 0 Å². The Kier molecular flexibility index (Phi) is 10.7. The highest BCUT2D eigenvalue weighted by Crippen LogP contribution is 2.68. The largest absolute Gasteiger partial charge is 0.465 e. The van der Waals surface area contributed by atoms with Gasteiger partial charge >= 0.3 is 17.9 Å². The minimum atomic E-state index is -0.546. The van der Waals surface area contributed by atoms with Gasteiger partial charge < -0.3 is 19.3 Å². The van der Waals surface area contributed by atoms with Gasteiger partial charge in [0.25, 0.3) is 0 Å². The van der Waals surface area contributed by atoms with Crippen molar-refractivity contribution in [3.05, 3.63) is 0 Å². The molecule has 0 saturated heterocycles. The molecule has 0 aromatic heterocycles. The summed E-state index contributed by atoms with van der Waals surface area (Å²) in [5, 5.41) is 11.9. The van der Waals surface area contributed by atoms with Gasteiger partial charge in [-0.2, -0.15) is 0 Å². The van der Waals surface area contributed by atoms with E-state index in [-0.39, 0.29) is 59.9 Å². The number of aliphatic hydroxyl groups excluding tert-OH is 1. The summed E-state index contributed by atoms with van der Waals surface area (Å²) in [7, 11) is 0. The molecule has 0 spiro atoms. The van der Waals surface area contributed by atoms with Crippen molar-refractivity contribution in [2.45, 2.75) is 150 Å². The van der Waals surface area contributed by atoms with E-state index < -0.39 is 5.60 Å². The second-order valence-electron chi connectivity index (χ2n) is 16.2. The number of esters is 3. The van der Waals surface area contributed by atoms with E-state index >= 15 is 0 Å². The molecule has 11 atom stereocenters. The summed E-state index contributed by atoms with van der Waals surface area (Å²) in [6, 6.07) is 0. The average Bonchev–Trinajstić information content (AvgIpc) is 3.29. The van der Waals surface area contributed by atoms with E-state index in [0.29, 0.717) is 41.9 Å². The van der Waals surface area contributed by atoms with Crippen LogP contribution in [0, 0.1) is 52.3 Å². The molecule has 4 aliphatic carbocycles. The van der Waals surface area contributed by atoms with Crippen LogP contribution in [0.25, 0.3) is 0 Å². The summed E-state index contributed by atoms with van der Waals surface area (Å²) in [6.45, 7) is 16.6. The summed E-state index contributed by atoms with van der Waals surface area (Å²) in [6.07, 6.45) is 10.1. The molecule has 0 aromatic carbocycles. The van der Waals surface area contributed by atoms with Crippen molar-refractivity contribution in [3.8, 4) is 0 Å². The van der Waals surface area contributed by atoms with Crippen molar-refractivity contribution in [2.24, 2.45) is 52.3 Å². The highest BCUT2D eigenvalue weighted by atomic mass is 16.6. The van der Waals surface area contributed by atoms with Crippen LogP contribution < -0.4 is 0 Å². The van der Waals surface area contributed by atoms with E-state index in [1.807, 2.05) is 34.6 Å². The Morgan fingerprint density at radius 2 is 1.65 bits per heavy atom. The zero-order chi connectivity index (χ0) is 31.7. The van der Waals surface area contributed by atoms with Gasteiger partial charge in [0.15, 0.2) is 0 Å². The minimum Gasteiger partial charge on any atom is -0.465 e. The lowest BCUT2D eigenvalue weighted by Crippen LogP contribution is -2.59. The third kappa shape index (κ3) is 7.28. The smallest absolute Gasteiger partial charge is 0.309 e. The Balaban J connectivity index is 1.32. The summed E-state index contributed by atoms with van der Waals surface area (Å²) in [5.41, 5.74) is -0.486. The predicted octanol–water partition coefficient (Wildman–Crippen LogP) is 7.27. The van der Waals surface area contributed by atoms with Crippen LogP contribution in [-0.2, 0) is 28.6 Å². The second kappa shape index (κ2) is 13.4. The molecule has 0 aliphatic heterocycles. The fraction of sp³-hybridized carbons (Fsp3) is 0.917. The van der Waals surface area contributed by atoms with Gasteiger partial charge in [-0.25, -0.2) is 0 Å².